The number of hydrogen-bond donors (Lipinski definition) is 2. The number of thiazole rings is 1. The van der Waals surface area contributed by atoms with E-state index in [0.29, 0.717) is 34.6 Å². The third kappa shape index (κ3) is 5.07. The zero-order valence-electron chi connectivity index (χ0n) is 16.0. The molecule has 0 fully saturated rings. The number of hydrogen-bond acceptors (Lipinski definition) is 6. The maximum Gasteiger partial charge on any atom is 0.236 e. The number of fused-ring (bicyclic) bond motifs is 1. The average Bonchev–Trinajstić information content (AvgIpc) is 3.44. The molecule has 0 atom stereocenters. The van der Waals surface area contributed by atoms with Crippen LogP contribution in [0.5, 0.6) is 0 Å². The van der Waals surface area contributed by atoms with Crippen LogP contribution >= 0.6 is 23.1 Å². The number of nitrogens with zero attached hydrogens (tertiary/aromatic N) is 1. The Balaban J connectivity index is 1.30. The van der Waals surface area contributed by atoms with Gasteiger partial charge in [0.15, 0.2) is 10.9 Å². The van der Waals surface area contributed by atoms with E-state index in [-0.39, 0.29) is 11.8 Å². The lowest BCUT2D eigenvalue weighted by atomic mass is 10.1. The number of carbonyl (C=O) groups is 2. The topological polar surface area (TPSA) is 84.2 Å². The van der Waals surface area contributed by atoms with E-state index in [1.807, 2.05) is 11.4 Å². The van der Waals surface area contributed by atoms with E-state index < -0.39 is 0 Å². The number of furan rings is 1. The van der Waals surface area contributed by atoms with Gasteiger partial charge in [-0.3, -0.25) is 9.59 Å². The second-order valence-corrected chi connectivity index (χ2v) is 8.74. The van der Waals surface area contributed by atoms with E-state index in [9.17, 15) is 9.59 Å². The fourth-order valence-corrected chi connectivity index (χ4v) is 4.68. The highest BCUT2D eigenvalue weighted by molar-refractivity contribution is 8.00. The fourth-order valence-electron chi connectivity index (χ4n) is 3.21. The van der Waals surface area contributed by atoms with Crippen molar-refractivity contribution in [2.45, 2.75) is 37.6 Å². The van der Waals surface area contributed by atoms with Gasteiger partial charge in [-0.1, -0.05) is 6.07 Å². The maximum atomic E-state index is 12.3. The van der Waals surface area contributed by atoms with Crippen LogP contribution in [0.3, 0.4) is 0 Å². The van der Waals surface area contributed by atoms with Gasteiger partial charge in [-0.05, 0) is 54.7 Å². The van der Waals surface area contributed by atoms with Crippen LogP contribution in [-0.4, -0.2) is 22.6 Å². The monoisotopic (exact) mass is 427 g/mol. The summed E-state index contributed by atoms with van der Waals surface area (Å²) < 4.78 is 5.69. The third-order valence-electron chi connectivity index (χ3n) is 4.62. The van der Waals surface area contributed by atoms with Crippen molar-refractivity contribution in [2.24, 2.45) is 0 Å². The highest BCUT2D eigenvalue weighted by Crippen LogP contribution is 2.29. The summed E-state index contributed by atoms with van der Waals surface area (Å²) in [7, 11) is 0. The molecule has 2 amide bonds. The van der Waals surface area contributed by atoms with Crippen LogP contribution in [0.15, 0.2) is 45.0 Å². The predicted molar refractivity (Wildman–Crippen MR) is 115 cm³/mol. The van der Waals surface area contributed by atoms with Gasteiger partial charge in [0.1, 0.15) is 11.5 Å². The molecule has 0 saturated heterocycles. The van der Waals surface area contributed by atoms with E-state index in [0.717, 1.165) is 17.7 Å². The van der Waals surface area contributed by atoms with Crippen molar-refractivity contribution in [2.75, 3.05) is 11.1 Å². The molecule has 0 radical (unpaired) electrons. The molecule has 0 bridgehead atoms. The average molecular weight is 428 g/mol. The highest BCUT2D eigenvalue weighted by Gasteiger charge is 2.14. The van der Waals surface area contributed by atoms with Gasteiger partial charge in [0, 0.05) is 17.2 Å². The number of anilines is 1. The Bertz CT molecular complexity index is 1040. The molecule has 1 aromatic carbocycles. The van der Waals surface area contributed by atoms with Crippen molar-refractivity contribution >= 4 is 40.0 Å². The van der Waals surface area contributed by atoms with E-state index in [1.54, 1.807) is 6.07 Å². The summed E-state index contributed by atoms with van der Waals surface area (Å²) in [5.74, 6) is 1.41. The molecule has 2 aromatic heterocycles. The van der Waals surface area contributed by atoms with Crippen LogP contribution in [0.25, 0.3) is 11.5 Å². The van der Waals surface area contributed by atoms with Crippen molar-refractivity contribution in [1.82, 2.24) is 10.3 Å². The lowest BCUT2D eigenvalue weighted by Gasteiger charge is -2.05. The Labute approximate surface area is 177 Å². The molecular formula is C21H21N3O3S2. The van der Waals surface area contributed by atoms with Gasteiger partial charge in [0.05, 0.1) is 12.3 Å². The minimum absolute atomic E-state index is 0.0813. The molecule has 0 saturated carbocycles. The zero-order valence-corrected chi connectivity index (χ0v) is 17.6. The minimum Gasteiger partial charge on any atom is -0.458 e. The first-order chi connectivity index (χ1) is 14.1. The number of carbonyl (C=O) groups excluding carboxylic acids is 2. The Morgan fingerprint density at radius 1 is 1.21 bits per heavy atom. The molecule has 0 unspecified atom stereocenters. The Kier molecular flexibility index (Phi) is 6.01. The van der Waals surface area contributed by atoms with Crippen molar-refractivity contribution < 1.29 is 14.0 Å². The second-order valence-electron chi connectivity index (χ2n) is 6.83. The van der Waals surface area contributed by atoms with Crippen LogP contribution in [0.1, 0.15) is 30.2 Å². The van der Waals surface area contributed by atoms with E-state index in [2.05, 4.69) is 33.8 Å². The maximum absolute atomic E-state index is 12.3. The Hall–Kier alpha value is -2.58. The van der Waals surface area contributed by atoms with Crippen LogP contribution in [0, 0.1) is 0 Å². The van der Waals surface area contributed by atoms with Gasteiger partial charge >= 0.3 is 0 Å². The molecule has 2 heterocycles. The summed E-state index contributed by atoms with van der Waals surface area (Å²) >= 11 is 2.90. The third-order valence-corrected chi connectivity index (χ3v) is 6.37. The fraction of sp³-hybridized carbons (Fsp3) is 0.286. The number of aromatic nitrogens is 1. The van der Waals surface area contributed by atoms with E-state index in [4.69, 9.17) is 4.42 Å². The number of amides is 2. The van der Waals surface area contributed by atoms with Gasteiger partial charge in [-0.25, -0.2) is 4.98 Å². The van der Waals surface area contributed by atoms with Gasteiger partial charge < -0.3 is 15.1 Å². The number of thioether (sulfide) groups is 1. The normalized spacial score (nSPS) is 12.6. The first kappa shape index (κ1) is 19.7. The van der Waals surface area contributed by atoms with Crippen molar-refractivity contribution in [3.05, 3.63) is 52.6 Å². The molecule has 150 valence electrons. The number of benzene rings is 1. The summed E-state index contributed by atoms with van der Waals surface area (Å²) in [4.78, 5) is 28.8. The predicted octanol–water partition coefficient (Wildman–Crippen LogP) is 4.26. The first-order valence-electron chi connectivity index (χ1n) is 9.40. The van der Waals surface area contributed by atoms with Crippen LogP contribution in [-0.2, 0) is 29.0 Å². The molecule has 0 aliphatic heterocycles. The summed E-state index contributed by atoms with van der Waals surface area (Å²) in [5.41, 5.74) is 3.51. The van der Waals surface area contributed by atoms with Crippen molar-refractivity contribution in [1.29, 1.82) is 0 Å². The van der Waals surface area contributed by atoms with Crippen LogP contribution in [0.2, 0.25) is 0 Å². The van der Waals surface area contributed by atoms with Crippen molar-refractivity contribution in [3.63, 3.8) is 0 Å². The lowest BCUT2D eigenvalue weighted by Crippen LogP contribution is -2.18. The SMILES string of the molecule is CC(=O)NCc1ccc(-c2csc(NC(=O)CSc3ccc4c(c3)CCC4)n2)o1. The highest BCUT2D eigenvalue weighted by atomic mass is 32.2. The van der Waals surface area contributed by atoms with Crippen LogP contribution < -0.4 is 10.6 Å². The summed E-state index contributed by atoms with van der Waals surface area (Å²) in [6, 6.07) is 10.1. The Morgan fingerprint density at radius 2 is 2.07 bits per heavy atom. The van der Waals surface area contributed by atoms with Crippen LogP contribution in [0.4, 0.5) is 5.13 Å². The molecule has 8 heteroatoms. The standard InChI is InChI=1S/C21H21N3O3S2/c1-13(25)22-10-16-6-8-19(27-16)18-11-29-21(23-18)24-20(26)12-28-17-7-5-14-3-2-4-15(14)9-17/h5-9,11H,2-4,10,12H2,1H3,(H,22,25)(H,23,24,26). The molecule has 2 N–H and O–H groups in total. The molecule has 6 nitrogen and oxygen atoms in total. The number of aryl methyl sites for hydroxylation is 2. The first-order valence-corrected chi connectivity index (χ1v) is 11.3. The summed E-state index contributed by atoms with van der Waals surface area (Å²) in [6.07, 6.45) is 3.52. The molecule has 1 aliphatic rings. The smallest absolute Gasteiger partial charge is 0.236 e. The van der Waals surface area contributed by atoms with E-state index in [1.165, 1.54) is 47.6 Å². The summed E-state index contributed by atoms with van der Waals surface area (Å²) in [6.45, 7) is 1.80. The van der Waals surface area contributed by atoms with Crippen molar-refractivity contribution in [3.8, 4) is 11.5 Å². The molecular weight excluding hydrogens is 406 g/mol. The van der Waals surface area contributed by atoms with E-state index >= 15 is 0 Å². The molecule has 29 heavy (non-hydrogen) atoms. The molecule has 0 spiro atoms. The van der Waals surface area contributed by atoms with Gasteiger partial charge in [-0.2, -0.15) is 0 Å². The second kappa shape index (κ2) is 8.84. The molecule has 1 aliphatic carbocycles. The van der Waals surface area contributed by atoms with Gasteiger partial charge in [0.2, 0.25) is 11.8 Å². The quantitative estimate of drug-likeness (QED) is 0.551. The lowest BCUT2D eigenvalue weighted by molar-refractivity contribution is -0.119. The number of nitrogens with one attached hydrogen (secondary N) is 2. The molecule has 4 rings (SSSR count). The summed E-state index contributed by atoms with van der Waals surface area (Å²) in [5, 5.41) is 7.92. The molecule has 3 aromatic rings. The van der Waals surface area contributed by atoms with Gasteiger partial charge in [-0.15, -0.1) is 23.1 Å². The largest absolute Gasteiger partial charge is 0.458 e. The van der Waals surface area contributed by atoms with Gasteiger partial charge in [0.25, 0.3) is 0 Å². The minimum atomic E-state index is -0.112. The zero-order chi connectivity index (χ0) is 20.2. The number of rotatable bonds is 7. The Morgan fingerprint density at radius 3 is 2.93 bits per heavy atom.